The highest BCUT2D eigenvalue weighted by Crippen LogP contribution is 2.31. The molecule has 0 amide bonds. The van der Waals surface area contributed by atoms with Crippen molar-refractivity contribution in [1.82, 2.24) is 9.38 Å². The molecule has 1 aromatic carbocycles. The Labute approximate surface area is 128 Å². The quantitative estimate of drug-likeness (QED) is 0.790. The number of aryl methyl sites for hydroxylation is 1. The van der Waals surface area contributed by atoms with Crippen molar-refractivity contribution in [2.24, 2.45) is 5.73 Å². The first-order valence-corrected chi connectivity index (χ1v) is 7.91. The summed E-state index contributed by atoms with van der Waals surface area (Å²) in [5.74, 6) is 1.92. The van der Waals surface area contributed by atoms with Gasteiger partial charge in [0.05, 0.1) is 0 Å². The smallest absolute Gasteiger partial charge is 0.243 e. The molecule has 0 atom stereocenters. The van der Waals surface area contributed by atoms with E-state index in [9.17, 15) is 0 Å². The first-order valence-electron chi connectivity index (χ1n) is 7.03. The molecule has 2 N–H and O–H groups in total. The minimum atomic E-state index is 0.399. The Bertz CT molecular complexity index is 773. The van der Waals surface area contributed by atoms with Crippen LogP contribution in [0.25, 0.3) is 4.96 Å². The van der Waals surface area contributed by atoms with E-state index in [1.54, 1.807) is 11.3 Å². The minimum Gasteiger partial charge on any atom is -0.437 e. The van der Waals surface area contributed by atoms with Crippen molar-refractivity contribution >= 4 is 16.3 Å². The lowest BCUT2D eigenvalue weighted by Crippen LogP contribution is -2.02. The summed E-state index contributed by atoms with van der Waals surface area (Å²) < 4.78 is 8.05. The fourth-order valence-electron chi connectivity index (χ4n) is 2.27. The fraction of sp³-hybridized carbons (Fsp3) is 0.312. The number of benzene rings is 1. The lowest BCUT2D eigenvalue weighted by atomic mass is 10.0. The van der Waals surface area contributed by atoms with Crippen molar-refractivity contribution in [1.29, 1.82) is 0 Å². The van der Waals surface area contributed by atoms with Gasteiger partial charge in [0.1, 0.15) is 11.4 Å². The number of ether oxygens (including phenoxy) is 1. The Morgan fingerprint density at radius 3 is 2.90 bits per heavy atom. The van der Waals surface area contributed by atoms with Crippen LogP contribution >= 0.6 is 11.3 Å². The molecule has 5 heteroatoms. The number of hydrogen-bond donors (Lipinski definition) is 1. The number of hydrogen-bond acceptors (Lipinski definition) is 4. The Balaban J connectivity index is 2.01. The summed E-state index contributed by atoms with van der Waals surface area (Å²) in [7, 11) is 0. The van der Waals surface area contributed by atoms with E-state index in [2.05, 4.69) is 37.0 Å². The van der Waals surface area contributed by atoms with Crippen LogP contribution in [0.15, 0.2) is 29.8 Å². The Morgan fingerprint density at radius 1 is 1.38 bits per heavy atom. The van der Waals surface area contributed by atoms with Gasteiger partial charge < -0.3 is 10.5 Å². The van der Waals surface area contributed by atoms with E-state index in [4.69, 9.17) is 10.5 Å². The third-order valence-electron chi connectivity index (χ3n) is 3.60. The highest BCUT2D eigenvalue weighted by atomic mass is 32.1. The molecule has 0 radical (unpaired) electrons. The van der Waals surface area contributed by atoms with Gasteiger partial charge in [0.2, 0.25) is 5.88 Å². The molecule has 0 unspecified atom stereocenters. The molecule has 4 nitrogen and oxygen atoms in total. The van der Waals surface area contributed by atoms with E-state index in [1.165, 1.54) is 5.56 Å². The molecule has 110 valence electrons. The van der Waals surface area contributed by atoms with E-state index in [-0.39, 0.29) is 0 Å². The van der Waals surface area contributed by atoms with E-state index in [0.717, 1.165) is 22.0 Å². The number of rotatable bonds is 4. The van der Waals surface area contributed by atoms with E-state index < -0.39 is 0 Å². The summed E-state index contributed by atoms with van der Waals surface area (Å²) in [5.41, 5.74) is 9.11. The summed E-state index contributed by atoms with van der Waals surface area (Å²) in [4.78, 5) is 5.44. The highest BCUT2D eigenvalue weighted by molar-refractivity contribution is 7.15. The third-order valence-corrected chi connectivity index (χ3v) is 4.36. The van der Waals surface area contributed by atoms with Crippen LogP contribution in [0.3, 0.4) is 0 Å². The normalized spacial score (nSPS) is 11.5. The summed E-state index contributed by atoms with van der Waals surface area (Å²) in [6.07, 6.45) is 1.97. The molecule has 0 aliphatic heterocycles. The molecule has 0 aliphatic carbocycles. The molecule has 0 spiro atoms. The lowest BCUT2D eigenvalue weighted by Gasteiger charge is -2.12. The van der Waals surface area contributed by atoms with Gasteiger partial charge in [0, 0.05) is 18.1 Å². The minimum absolute atomic E-state index is 0.399. The Hall–Kier alpha value is -1.85. The molecule has 0 saturated heterocycles. The molecular formula is C16H19N3OS. The Morgan fingerprint density at radius 2 is 2.19 bits per heavy atom. The van der Waals surface area contributed by atoms with E-state index in [0.29, 0.717) is 18.3 Å². The third kappa shape index (κ3) is 2.54. The SMILES string of the molecule is Cc1ccc(C(C)C)cc1Oc1nc2sccn2c1CN. The maximum Gasteiger partial charge on any atom is 0.243 e. The second-order valence-electron chi connectivity index (χ2n) is 5.41. The van der Waals surface area contributed by atoms with E-state index in [1.807, 2.05) is 22.9 Å². The van der Waals surface area contributed by atoms with Gasteiger partial charge >= 0.3 is 0 Å². The second-order valence-corrected chi connectivity index (χ2v) is 6.28. The molecule has 2 aromatic heterocycles. The van der Waals surface area contributed by atoms with E-state index >= 15 is 0 Å². The average molecular weight is 301 g/mol. The summed E-state index contributed by atoms with van der Waals surface area (Å²) >= 11 is 1.58. The Kier molecular flexibility index (Phi) is 3.69. The topological polar surface area (TPSA) is 52.5 Å². The number of nitrogens with zero attached hydrogens (tertiary/aromatic N) is 2. The van der Waals surface area contributed by atoms with Gasteiger partial charge in [-0.1, -0.05) is 26.0 Å². The van der Waals surface area contributed by atoms with Crippen LogP contribution in [0.2, 0.25) is 0 Å². The molecule has 0 bridgehead atoms. The molecule has 0 fully saturated rings. The van der Waals surface area contributed by atoms with Crippen LogP contribution in [0.4, 0.5) is 0 Å². The monoisotopic (exact) mass is 301 g/mol. The molecule has 3 rings (SSSR count). The molecule has 21 heavy (non-hydrogen) atoms. The maximum atomic E-state index is 6.06. The predicted molar refractivity (Wildman–Crippen MR) is 86.3 cm³/mol. The van der Waals surface area contributed by atoms with Crippen molar-refractivity contribution in [2.45, 2.75) is 33.2 Å². The highest BCUT2D eigenvalue weighted by Gasteiger charge is 2.15. The number of fused-ring (bicyclic) bond motifs is 1. The van der Waals surface area contributed by atoms with Crippen molar-refractivity contribution in [2.75, 3.05) is 0 Å². The van der Waals surface area contributed by atoms with Gasteiger partial charge in [-0.3, -0.25) is 4.40 Å². The van der Waals surface area contributed by atoms with Crippen molar-refractivity contribution in [3.63, 3.8) is 0 Å². The standard InChI is InChI=1S/C16H19N3OS/c1-10(2)12-5-4-11(3)14(8-12)20-15-13(9-17)19-6-7-21-16(19)18-15/h4-8,10H,9,17H2,1-3H3. The molecule has 0 aliphatic rings. The maximum absolute atomic E-state index is 6.06. The zero-order valence-electron chi connectivity index (χ0n) is 12.5. The number of aromatic nitrogens is 2. The van der Waals surface area contributed by atoms with Crippen molar-refractivity contribution in [3.8, 4) is 11.6 Å². The zero-order chi connectivity index (χ0) is 15.0. The molecule has 2 heterocycles. The average Bonchev–Trinajstić information content (AvgIpc) is 3.01. The van der Waals surface area contributed by atoms with Gasteiger partial charge in [0.15, 0.2) is 4.96 Å². The van der Waals surface area contributed by atoms with Crippen LogP contribution in [-0.4, -0.2) is 9.38 Å². The second kappa shape index (κ2) is 5.50. The van der Waals surface area contributed by atoms with Crippen LogP contribution in [0.1, 0.15) is 36.6 Å². The molecule has 3 aromatic rings. The van der Waals surface area contributed by atoms with Crippen LogP contribution < -0.4 is 10.5 Å². The fourth-order valence-corrected chi connectivity index (χ4v) is 2.99. The van der Waals surface area contributed by atoms with Crippen LogP contribution in [-0.2, 0) is 6.54 Å². The summed E-state index contributed by atoms with van der Waals surface area (Å²) in [6.45, 7) is 6.79. The lowest BCUT2D eigenvalue weighted by molar-refractivity contribution is 0.455. The van der Waals surface area contributed by atoms with Gasteiger partial charge in [-0.2, -0.15) is 4.98 Å². The van der Waals surface area contributed by atoms with Gasteiger partial charge in [-0.25, -0.2) is 0 Å². The first-order chi connectivity index (χ1) is 10.1. The summed E-state index contributed by atoms with van der Waals surface area (Å²) in [5, 5.41) is 2.00. The van der Waals surface area contributed by atoms with Crippen molar-refractivity contribution in [3.05, 3.63) is 46.6 Å². The largest absolute Gasteiger partial charge is 0.437 e. The van der Waals surface area contributed by atoms with Gasteiger partial charge in [0.25, 0.3) is 0 Å². The molecule has 0 saturated carbocycles. The number of nitrogens with two attached hydrogens (primary N) is 1. The molecular weight excluding hydrogens is 282 g/mol. The summed E-state index contributed by atoms with van der Waals surface area (Å²) in [6, 6.07) is 6.32. The predicted octanol–water partition coefficient (Wildman–Crippen LogP) is 4.08. The number of thiazole rings is 1. The first kappa shape index (κ1) is 14.1. The zero-order valence-corrected chi connectivity index (χ0v) is 13.3. The van der Waals surface area contributed by atoms with Gasteiger partial charge in [-0.15, -0.1) is 11.3 Å². The van der Waals surface area contributed by atoms with Crippen LogP contribution in [0, 0.1) is 6.92 Å². The van der Waals surface area contributed by atoms with Crippen LogP contribution in [0.5, 0.6) is 11.6 Å². The van der Waals surface area contributed by atoms with Gasteiger partial charge in [-0.05, 0) is 30.0 Å². The number of imidazole rings is 1. The van der Waals surface area contributed by atoms with Crippen molar-refractivity contribution < 1.29 is 4.74 Å².